The first-order chi connectivity index (χ1) is 9.94. The van der Waals surface area contributed by atoms with Gasteiger partial charge in [-0.05, 0) is 26.0 Å². The van der Waals surface area contributed by atoms with E-state index in [0.717, 1.165) is 11.4 Å². The van der Waals surface area contributed by atoms with Crippen molar-refractivity contribution in [3.05, 3.63) is 41.3 Å². The molecule has 2 heterocycles. The first kappa shape index (κ1) is 14.7. The molecule has 0 aromatic carbocycles. The summed E-state index contributed by atoms with van der Waals surface area (Å²) in [7, 11) is 1.76. The van der Waals surface area contributed by atoms with Gasteiger partial charge in [-0.2, -0.15) is 5.10 Å². The lowest BCUT2D eigenvalue weighted by Crippen LogP contribution is -2.33. The van der Waals surface area contributed by atoms with Gasteiger partial charge in [0.25, 0.3) is 5.91 Å². The number of carbonyl (C=O) groups is 2. The third-order valence-corrected chi connectivity index (χ3v) is 2.73. The molecule has 2 N–H and O–H groups in total. The minimum absolute atomic E-state index is 0.115. The molecule has 0 aliphatic rings. The van der Waals surface area contributed by atoms with E-state index in [0.29, 0.717) is 11.4 Å². The van der Waals surface area contributed by atoms with Gasteiger partial charge in [0.15, 0.2) is 5.82 Å². The minimum Gasteiger partial charge on any atom is -0.343 e. The lowest BCUT2D eigenvalue weighted by Gasteiger charge is -2.06. The summed E-state index contributed by atoms with van der Waals surface area (Å²) >= 11 is 0. The van der Waals surface area contributed by atoms with Gasteiger partial charge in [0, 0.05) is 36.3 Å². The molecular weight excluding hydrogens is 270 g/mol. The second-order valence-electron chi connectivity index (χ2n) is 4.74. The van der Waals surface area contributed by atoms with Crippen LogP contribution < -0.4 is 10.6 Å². The summed E-state index contributed by atoms with van der Waals surface area (Å²) in [5.74, 6) is -0.184. The largest absolute Gasteiger partial charge is 0.343 e. The molecule has 0 unspecified atom stereocenters. The highest BCUT2D eigenvalue weighted by Gasteiger charge is 2.10. The Morgan fingerprint density at radius 1 is 1.24 bits per heavy atom. The van der Waals surface area contributed by atoms with Gasteiger partial charge in [-0.3, -0.25) is 19.3 Å². The average Bonchev–Trinajstić information content (AvgIpc) is 2.80. The maximum atomic E-state index is 12.0. The van der Waals surface area contributed by atoms with Gasteiger partial charge in [-0.15, -0.1) is 0 Å². The Balaban J connectivity index is 1.90. The normalized spacial score (nSPS) is 10.2. The van der Waals surface area contributed by atoms with Crippen LogP contribution in [0.1, 0.15) is 21.7 Å². The number of hydrogen-bond acceptors (Lipinski definition) is 4. The Kier molecular flexibility index (Phi) is 4.32. The molecule has 2 amide bonds. The second kappa shape index (κ2) is 6.17. The molecule has 0 spiro atoms. The predicted octanol–water partition coefficient (Wildman–Crippen LogP) is 0.800. The fourth-order valence-corrected chi connectivity index (χ4v) is 1.90. The van der Waals surface area contributed by atoms with Crippen LogP contribution in [0.3, 0.4) is 0 Å². The molecule has 0 saturated carbocycles. The molecule has 0 fully saturated rings. The summed E-state index contributed by atoms with van der Waals surface area (Å²) in [5, 5.41) is 9.18. The molecular formula is C14H17N5O2. The van der Waals surface area contributed by atoms with Crippen LogP contribution in [0, 0.1) is 13.8 Å². The highest BCUT2D eigenvalue weighted by molar-refractivity contribution is 5.99. The number of nitrogens with one attached hydrogen (secondary N) is 2. The summed E-state index contributed by atoms with van der Waals surface area (Å²) in [6, 6.07) is 5.04. The molecule has 0 radical (unpaired) electrons. The van der Waals surface area contributed by atoms with Crippen LogP contribution >= 0.6 is 0 Å². The van der Waals surface area contributed by atoms with Gasteiger partial charge in [-0.25, -0.2) is 0 Å². The molecule has 2 rings (SSSR count). The van der Waals surface area contributed by atoms with E-state index in [9.17, 15) is 9.59 Å². The maximum Gasteiger partial charge on any atom is 0.251 e. The highest BCUT2D eigenvalue weighted by atomic mass is 16.2. The lowest BCUT2D eigenvalue weighted by molar-refractivity contribution is -0.115. The molecule has 2 aromatic rings. The predicted molar refractivity (Wildman–Crippen MR) is 77.9 cm³/mol. The molecule has 21 heavy (non-hydrogen) atoms. The zero-order valence-corrected chi connectivity index (χ0v) is 12.2. The van der Waals surface area contributed by atoms with Crippen LogP contribution in [-0.4, -0.2) is 33.1 Å². The zero-order valence-electron chi connectivity index (χ0n) is 12.2. The average molecular weight is 287 g/mol. The van der Waals surface area contributed by atoms with Gasteiger partial charge >= 0.3 is 0 Å². The van der Waals surface area contributed by atoms with E-state index in [-0.39, 0.29) is 18.4 Å². The van der Waals surface area contributed by atoms with E-state index >= 15 is 0 Å². The number of carbonyl (C=O) groups excluding carboxylic acids is 2. The molecule has 110 valence electrons. The smallest absolute Gasteiger partial charge is 0.251 e. The van der Waals surface area contributed by atoms with Gasteiger partial charge in [0.2, 0.25) is 5.91 Å². The van der Waals surface area contributed by atoms with E-state index in [2.05, 4.69) is 20.7 Å². The SMILES string of the molecule is Cc1cc(C(=O)NCC(=O)Nc2ccn(C)n2)cc(C)n1. The van der Waals surface area contributed by atoms with Crippen LogP contribution in [0.15, 0.2) is 24.4 Å². The van der Waals surface area contributed by atoms with Crippen LogP contribution in [0.25, 0.3) is 0 Å². The quantitative estimate of drug-likeness (QED) is 0.870. The van der Waals surface area contributed by atoms with Crippen LogP contribution in [-0.2, 0) is 11.8 Å². The summed E-state index contributed by atoms with van der Waals surface area (Å²) in [4.78, 5) is 27.9. The Morgan fingerprint density at radius 2 is 1.90 bits per heavy atom. The maximum absolute atomic E-state index is 12.0. The summed E-state index contributed by atoms with van der Waals surface area (Å²) < 4.78 is 1.58. The Bertz CT molecular complexity index is 658. The van der Waals surface area contributed by atoms with E-state index in [1.54, 1.807) is 36.1 Å². The molecule has 0 atom stereocenters. The highest BCUT2D eigenvalue weighted by Crippen LogP contribution is 2.05. The van der Waals surface area contributed by atoms with Crippen molar-refractivity contribution >= 4 is 17.6 Å². The van der Waals surface area contributed by atoms with E-state index in [4.69, 9.17) is 0 Å². The van der Waals surface area contributed by atoms with Crippen molar-refractivity contribution in [3.63, 3.8) is 0 Å². The van der Waals surface area contributed by atoms with Gasteiger partial charge in [-0.1, -0.05) is 0 Å². The van der Waals surface area contributed by atoms with Crippen molar-refractivity contribution in [2.24, 2.45) is 7.05 Å². The Labute approximate surface area is 122 Å². The molecule has 2 aromatic heterocycles. The molecule has 0 aliphatic carbocycles. The van der Waals surface area contributed by atoms with E-state index < -0.39 is 0 Å². The first-order valence-electron chi connectivity index (χ1n) is 6.47. The lowest BCUT2D eigenvalue weighted by atomic mass is 10.2. The fraction of sp³-hybridized carbons (Fsp3) is 0.286. The van der Waals surface area contributed by atoms with E-state index in [1.165, 1.54) is 0 Å². The number of anilines is 1. The third kappa shape index (κ3) is 4.13. The van der Waals surface area contributed by atoms with Crippen LogP contribution in [0.4, 0.5) is 5.82 Å². The number of aryl methyl sites for hydroxylation is 3. The van der Waals surface area contributed by atoms with Gasteiger partial charge < -0.3 is 10.6 Å². The van der Waals surface area contributed by atoms with E-state index in [1.807, 2.05) is 13.8 Å². The molecule has 7 heteroatoms. The van der Waals surface area contributed by atoms with Crippen molar-refractivity contribution < 1.29 is 9.59 Å². The van der Waals surface area contributed by atoms with Crippen molar-refractivity contribution in [3.8, 4) is 0 Å². The Morgan fingerprint density at radius 3 is 2.48 bits per heavy atom. The Hall–Kier alpha value is -2.70. The standard InChI is InChI=1S/C14H17N5O2/c1-9-6-11(7-10(2)16-9)14(21)15-8-13(20)17-12-4-5-19(3)18-12/h4-7H,8H2,1-3H3,(H,15,21)(H,17,18,20). The molecule has 0 aliphatic heterocycles. The monoisotopic (exact) mass is 287 g/mol. The van der Waals surface area contributed by atoms with Crippen LogP contribution in [0.5, 0.6) is 0 Å². The minimum atomic E-state index is -0.329. The first-order valence-corrected chi connectivity index (χ1v) is 6.47. The topological polar surface area (TPSA) is 88.9 Å². The fourth-order valence-electron chi connectivity index (χ4n) is 1.90. The number of aromatic nitrogens is 3. The molecule has 0 bridgehead atoms. The number of nitrogens with zero attached hydrogens (tertiary/aromatic N) is 3. The third-order valence-electron chi connectivity index (χ3n) is 2.73. The van der Waals surface area contributed by atoms with Crippen molar-refractivity contribution in [1.29, 1.82) is 0 Å². The summed E-state index contributed by atoms with van der Waals surface area (Å²) in [6.45, 7) is 3.52. The van der Waals surface area contributed by atoms with Gasteiger partial charge in [0.1, 0.15) is 0 Å². The number of pyridine rings is 1. The summed E-state index contributed by atoms with van der Waals surface area (Å²) in [6.07, 6.45) is 1.72. The van der Waals surface area contributed by atoms with Crippen molar-refractivity contribution in [2.75, 3.05) is 11.9 Å². The van der Waals surface area contributed by atoms with Crippen LogP contribution in [0.2, 0.25) is 0 Å². The molecule has 7 nitrogen and oxygen atoms in total. The van der Waals surface area contributed by atoms with Crippen molar-refractivity contribution in [2.45, 2.75) is 13.8 Å². The van der Waals surface area contributed by atoms with Gasteiger partial charge in [0.05, 0.1) is 6.54 Å². The summed E-state index contributed by atoms with van der Waals surface area (Å²) in [5.41, 5.74) is 2.02. The number of amides is 2. The zero-order chi connectivity index (χ0) is 15.4. The second-order valence-corrected chi connectivity index (χ2v) is 4.74. The number of hydrogen-bond donors (Lipinski definition) is 2. The van der Waals surface area contributed by atoms with Crippen molar-refractivity contribution in [1.82, 2.24) is 20.1 Å². The molecule has 0 saturated heterocycles. The number of rotatable bonds is 4.